The number of ether oxygens (including phenoxy) is 1. The number of carbonyl (C=O) groups is 1. The fourth-order valence-corrected chi connectivity index (χ4v) is 0.781. The van der Waals surface area contributed by atoms with Crippen LogP contribution in [0.1, 0.15) is 33.6 Å². The first-order valence-corrected chi connectivity index (χ1v) is 4.29. The second kappa shape index (κ2) is 6.35. The molecule has 0 saturated carbocycles. The standard InChI is InChI=1S/C9H18O2/c1-4-11-7-5-6-9(10)8(2)3/h8H,4-7H2,1-3H3. The Kier molecular flexibility index (Phi) is 6.13. The Bertz CT molecular complexity index is 108. The minimum absolute atomic E-state index is 0.177. The molecule has 0 aliphatic heterocycles. The molecule has 0 radical (unpaired) electrons. The van der Waals surface area contributed by atoms with Gasteiger partial charge in [-0.25, -0.2) is 0 Å². The summed E-state index contributed by atoms with van der Waals surface area (Å²) in [6.07, 6.45) is 1.53. The molecule has 0 aromatic rings. The van der Waals surface area contributed by atoms with E-state index in [1.165, 1.54) is 0 Å². The summed E-state index contributed by atoms with van der Waals surface area (Å²) in [4.78, 5) is 11.1. The van der Waals surface area contributed by atoms with Crippen molar-refractivity contribution in [2.24, 2.45) is 5.92 Å². The molecular weight excluding hydrogens is 140 g/mol. The summed E-state index contributed by atoms with van der Waals surface area (Å²) in [6, 6.07) is 0. The summed E-state index contributed by atoms with van der Waals surface area (Å²) in [5.74, 6) is 0.515. The van der Waals surface area contributed by atoms with Gasteiger partial charge in [-0.2, -0.15) is 0 Å². The highest BCUT2D eigenvalue weighted by Gasteiger charge is 2.05. The van der Waals surface area contributed by atoms with Crippen molar-refractivity contribution in [2.45, 2.75) is 33.6 Å². The molecular formula is C9H18O2. The fraction of sp³-hybridized carbons (Fsp3) is 0.889. The van der Waals surface area contributed by atoms with Gasteiger partial charge in [-0.1, -0.05) is 13.8 Å². The van der Waals surface area contributed by atoms with Crippen LogP contribution in [-0.4, -0.2) is 19.0 Å². The first-order valence-electron chi connectivity index (χ1n) is 4.29. The molecule has 66 valence electrons. The van der Waals surface area contributed by atoms with Gasteiger partial charge in [0, 0.05) is 25.6 Å². The lowest BCUT2D eigenvalue weighted by Gasteiger charge is -2.03. The van der Waals surface area contributed by atoms with E-state index < -0.39 is 0 Å². The molecule has 0 spiro atoms. The quantitative estimate of drug-likeness (QED) is 0.553. The van der Waals surface area contributed by atoms with Gasteiger partial charge in [-0.3, -0.25) is 4.79 Å². The Balaban J connectivity index is 3.18. The van der Waals surface area contributed by atoms with Crippen molar-refractivity contribution in [1.29, 1.82) is 0 Å². The van der Waals surface area contributed by atoms with E-state index in [-0.39, 0.29) is 5.92 Å². The van der Waals surface area contributed by atoms with Crippen molar-refractivity contribution in [3.63, 3.8) is 0 Å². The lowest BCUT2D eigenvalue weighted by atomic mass is 10.1. The molecule has 0 unspecified atom stereocenters. The lowest BCUT2D eigenvalue weighted by Crippen LogP contribution is -2.07. The van der Waals surface area contributed by atoms with E-state index >= 15 is 0 Å². The average Bonchev–Trinajstić information content (AvgIpc) is 1.97. The molecule has 0 amide bonds. The van der Waals surface area contributed by atoms with Gasteiger partial charge in [0.25, 0.3) is 0 Å². The third-order valence-corrected chi connectivity index (χ3v) is 1.56. The zero-order valence-electron chi connectivity index (χ0n) is 7.72. The van der Waals surface area contributed by atoms with Crippen LogP contribution in [0.25, 0.3) is 0 Å². The Hall–Kier alpha value is -0.370. The van der Waals surface area contributed by atoms with Crippen LogP contribution < -0.4 is 0 Å². The van der Waals surface area contributed by atoms with E-state index in [4.69, 9.17) is 4.74 Å². The number of carbonyl (C=O) groups excluding carboxylic acids is 1. The number of hydrogen-bond acceptors (Lipinski definition) is 2. The molecule has 0 aromatic carbocycles. The normalized spacial score (nSPS) is 10.5. The Morgan fingerprint density at radius 2 is 2.09 bits per heavy atom. The van der Waals surface area contributed by atoms with Gasteiger partial charge in [0.1, 0.15) is 5.78 Å². The molecule has 2 nitrogen and oxygen atoms in total. The van der Waals surface area contributed by atoms with Crippen LogP contribution in [0.15, 0.2) is 0 Å². The van der Waals surface area contributed by atoms with Crippen molar-refractivity contribution in [1.82, 2.24) is 0 Å². The maximum absolute atomic E-state index is 11.1. The van der Waals surface area contributed by atoms with Crippen LogP contribution in [0.4, 0.5) is 0 Å². The second-order valence-corrected chi connectivity index (χ2v) is 2.92. The Morgan fingerprint density at radius 3 is 2.55 bits per heavy atom. The molecule has 0 atom stereocenters. The molecule has 11 heavy (non-hydrogen) atoms. The van der Waals surface area contributed by atoms with Crippen LogP contribution in [0.2, 0.25) is 0 Å². The third-order valence-electron chi connectivity index (χ3n) is 1.56. The van der Waals surface area contributed by atoms with Gasteiger partial charge >= 0.3 is 0 Å². The summed E-state index contributed by atoms with van der Waals surface area (Å²) in [6.45, 7) is 7.29. The predicted octanol–water partition coefficient (Wildman–Crippen LogP) is 2.03. The van der Waals surface area contributed by atoms with Gasteiger partial charge in [0.2, 0.25) is 0 Å². The summed E-state index contributed by atoms with van der Waals surface area (Å²) in [7, 11) is 0. The molecule has 0 rings (SSSR count). The number of ketones is 1. The van der Waals surface area contributed by atoms with Crippen LogP contribution in [0, 0.1) is 5.92 Å². The van der Waals surface area contributed by atoms with Crippen molar-refractivity contribution < 1.29 is 9.53 Å². The minimum atomic E-state index is 0.177. The zero-order chi connectivity index (χ0) is 8.69. The van der Waals surface area contributed by atoms with Crippen LogP contribution in [-0.2, 0) is 9.53 Å². The number of rotatable bonds is 6. The van der Waals surface area contributed by atoms with Crippen molar-refractivity contribution in [2.75, 3.05) is 13.2 Å². The lowest BCUT2D eigenvalue weighted by molar-refractivity contribution is -0.122. The maximum Gasteiger partial charge on any atom is 0.135 e. The highest BCUT2D eigenvalue weighted by molar-refractivity contribution is 5.80. The van der Waals surface area contributed by atoms with Crippen LogP contribution in [0.3, 0.4) is 0 Å². The van der Waals surface area contributed by atoms with E-state index in [9.17, 15) is 4.79 Å². The predicted molar refractivity (Wildman–Crippen MR) is 45.6 cm³/mol. The van der Waals surface area contributed by atoms with Gasteiger partial charge in [-0.15, -0.1) is 0 Å². The van der Waals surface area contributed by atoms with Gasteiger partial charge in [-0.05, 0) is 13.3 Å². The highest BCUT2D eigenvalue weighted by atomic mass is 16.5. The number of hydrogen-bond donors (Lipinski definition) is 0. The van der Waals surface area contributed by atoms with E-state index in [2.05, 4.69) is 0 Å². The Labute approximate surface area is 68.9 Å². The monoisotopic (exact) mass is 158 g/mol. The average molecular weight is 158 g/mol. The molecule has 0 saturated heterocycles. The molecule has 0 bridgehead atoms. The maximum atomic E-state index is 11.1. The van der Waals surface area contributed by atoms with Crippen molar-refractivity contribution >= 4 is 5.78 Å². The van der Waals surface area contributed by atoms with Gasteiger partial charge in [0.05, 0.1) is 0 Å². The first-order chi connectivity index (χ1) is 5.18. The highest BCUT2D eigenvalue weighted by Crippen LogP contribution is 2.01. The molecule has 0 N–H and O–H groups in total. The van der Waals surface area contributed by atoms with Gasteiger partial charge in [0.15, 0.2) is 0 Å². The Morgan fingerprint density at radius 1 is 1.45 bits per heavy atom. The summed E-state index contributed by atoms with van der Waals surface area (Å²) in [5, 5.41) is 0. The van der Waals surface area contributed by atoms with Crippen LogP contribution >= 0.6 is 0 Å². The molecule has 0 aliphatic rings. The van der Waals surface area contributed by atoms with Gasteiger partial charge < -0.3 is 4.74 Å². The third kappa shape index (κ3) is 6.05. The molecule has 0 fully saturated rings. The second-order valence-electron chi connectivity index (χ2n) is 2.92. The first kappa shape index (κ1) is 10.6. The summed E-state index contributed by atoms with van der Waals surface area (Å²) in [5.41, 5.74) is 0. The molecule has 2 heteroatoms. The fourth-order valence-electron chi connectivity index (χ4n) is 0.781. The summed E-state index contributed by atoms with van der Waals surface area (Å²) >= 11 is 0. The van der Waals surface area contributed by atoms with E-state index in [1.807, 2.05) is 20.8 Å². The van der Waals surface area contributed by atoms with E-state index in [0.717, 1.165) is 19.6 Å². The molecule has 0 aliphatic carbocycles. The number of Topliss-reactive ketones (excluding diaryl/α,β-unsaturated/α-hetero) is 1. The smallest absolute Gasteiger partial charge is 0.135 e. The SMILES string of the molecule is CCOCCCC(=O)C(C)C. The minimum Gasteiger partial charge on any atom is -0.382 e. The van der Waals surface area contributed by atoms with Crippen LogP contribution in [0.5, 0.6) is 0 Å². The topological polar surface area (TPSA) is 26.3 Å². The summed E-state index contributed by atoms with van der Waals surface area (Å²) < 4.78 is 5.11. The van der Waals surface area contributed by atoms with E-state index in [1.54, 1.807) is 0 Å². The van der Waals surface area contributed by atoms with Crippen molar-refractivity contribution in [3.8, 4) is 0 Å². The zero-order valence-corrected chi connectivity index (χ0v) is 7.72. The molecule has 0 heterocycles. The molecule has 0 aromatic heterocycles. The largest absolute Gasteiger partial charge is 0.382 e. The van der Waals surface area contributed by atoms with Crippen molar-refractivity contribution in [3.05, 3.63) is 0 Å². The van der Waals surface area contributed by atoms with E-state index in [0.29, 0.717) is 12.2 Å².